The fourth-order valence-corrected chi connectivity index (χ4v) is 2.42. The molecule has 114 valence electrons. The number of ether oxygens (including phenoxy) is 1. The average Bonchev–Trinajstić information content (AvgIpc) is 2.85. The third kappa shape index (κ3) is 3.27. The van der Waals surface area contributed by atoms with Crippen molar-refractivity contribution < 1.29 is 22.8 Å². The van der Waals surface area contributed by atoms with Crippen molar-refractivity contribution in [1.82, 2.24) is 0 Å². The number of hydrogen-bond donors (Lipinski definition) is 2. The molecule has 21 heavy (non-hydrogen) atoms. The monoisotopic (exact) mass is 312 g/mol. The summed E-state index contributed by atoms with van der Waals surface area (Å²) < 4.78 is 33.9. The molecule has 0 amide bonds. The first-order valence-corrected chi connectivity index (χ1v) is 8.13. The maximum absolute atomic E-state index is 11.5. The van der Waals surface area contributed by atoms with Crippen molar-refractivity contribution >= 4 is 26.6 Å². The van der Waals surface area contributed by atoms with Gasteiger partial charge < -0.3 is 20.1 Å². The van der Waals surface area contributed by atoms with Gasteiger partial charge in [0.15, 0.2) is 15.6 Å². The highest BCUT2D eigenvalue weighted by atomic mass is 32.2. The first-order valence-electron chi connectivity index (χ1n) is 6.31. The first-order chi connectivity index (χ1) is 9.98. The van der Waals surface area contributed by atoms with Gasteiger partial charge >= 0.3 is 0 Å². The smallest absolute Gasteiger partial charge is 0.215 e. The van der Waals surface area contributed by atoms with E-state index in [0.29, 0.717) is 11.0 Å². The second-order valence-electron chi connectivity index (χ2n) is 4.33. The van der Waals surface area contributed by atoms with Crippen LogP contribution in [0.2, 0.25) is 0 Å². The van der Waals surface area contributed by atoms with E-state index < -0.39 is 9.84 Å². The lowest BCUT2D eigenvalue weighted by Crippen LogP contribution is -2.18. The van der Waals surface area contributed by atoms with Gasteiger partial charge in [0, 0.05) is 5.75 Å². The van der Waals surface area contributed by atoms with Crippen molar-refractivity contribution in [2.45, 2.75) is 6.92 Å². The number of amidine groups is 1. The minimum Gasteiger partial charge on any atom is -0.488 e. The Labute approximate surface area is 121 Å². The van der Waals surface area contributed by atoms with Crippen LogP contribution in [0.4, 0.5) is 0 Å². The van der Waals surface area contributed by atoms with Crippen molar-refractivity contribution in [2.24, 2.45) is 10.9 Å². The molecule has 2 aromatic rings. The summed E-state index contributed by atoms with van der Waals surface area (Å²) in [6.45, 7) is 1.54. The minimum absolute atomic E-state index is 0.0363. The molecule has 0 aliphatic carbocycles. The largest absolute Gasteiger partial charge is 0.488 e. The van der Waals surface area contributed by atoms with Crippen LogP contribution in [0.15, 0.2) is 33.8 Å². The standard InChI is InChI=1S/C13H16N2O5S/c1-2-21(17,18)8-7-19-11-9-5-3-4-6-10(9)20-12(11)13(14)15-16/h3-6,16H,2,7-8H2,1H3,(H2,14,15). The molecule has 0 spiro atoms. The molecular formula is C13H16N2O5S. The fourth-order valence-electron chi connectivity index (χ4n) is 1.79. The molecule has 0 fully saturated rings. The minimum atomic E-state index is -3.13. The van der Waals surface area contributed by atoms with Crippen LogP contribution in [-0.4, -0.2) is 37.6 Å². The Balaban J connectivity index is 2.33. The average molecular weight is 312 g/mol. The van der Waals surface area contributed by atoms with Crippen LogP contribution >= 0.6 is 0 Å². The molecule has 0 aliphatic rings. The SMILES string of the molecule is CCS(=O)(=O)CCOc1c(/C(N)=N/O)oc2ccccc12. The van der Waals surface area contributed by atoms with Crippen molar-refractivity contribution in [3.05, 3.63) is 30.0 Å². The number of fused-ring (bicyclic) bond motifs is 1. The lowest BCUT2D eigenvalue weighted by molar-refractivity contribution is 0.314. The number of nitrogens with two attached hydrogens (primary N) is 1. The van der Waals surface area contributed by atoms with Crippen LogP contribution in [-0.2, 0) is 9.84 Å². The number of para-hydroxylation sites is 1. The Hall–Kier alpha value is -2.22. The first kappa shape index (κ1) is 15.2. The van der Waals surface area contributed by atoms with Gasteiger partial charge in [-0.1, -0.05) is 24.2 Å². The molecule has 0 bridgehead atoms. The van der Waals surface area contributed by atoms with Gasteiger partial charge in [-0.05, 0) is 12.1 Å². The topological polar surface area (TPSA) is 115 Å². The highest BCUT2D eigenvalue weighted by Gasteiger charge is 2.19. The Morgan fingerprint density at radius 3 is 2.81 bits per heavy atom. The highest BCUT2D eigenvalue weighted by Crippen LogP contribution is 2.32. The maximum atomic E-state index is 11.5. The third-order valence-electron chi connectivity index (χ3n) is 2.97. The predicted octanol–water partition coefficient (Wildman–Crippen LogP) is 1.34. The maximum Gasteiger partial charge on any atom is 0.215 e. The number of benzene rings is 1. The van der Waals surface area contributed by atoms with Gasteiger partial charge in [-0.25, -0.2) is 8.42 Å². The zero-order chi connectivity index (χ0) is 15.5. The van der Waals surface area contributed by atoms with E-state index in [0.717, 1.165) is 0 Å². The van der Waals surface area contributed by atoms with Crippen LogP contribution in [0.3, 0.4) is 0 Å². The van der Waals surface area contributed by atoms with Gasteiger partial charge in [0.2, 0.25) is 11.6 Å². The van der Waals surface area contributed by atoms with Crippen LogP contribution in [0, 0.1) is 0 Å². The van der Waals surface area contributed by atoms with E-state index in [1.165, 1.54) is 0 Å². The van der Waals surface area contributed by atoms with E-state index in [2.05, 4.69) is 5.16 Å². The van der Waals surface area contributed by atoms with Crippen molar-refractivity contribution in [1.29, 1.82) is 0 Å². The Bertz CT molecular complexity index is 764. The zero-order valence-corrected chi connectivity index (χ0v) is 12.3. The predicted molar refractivity (Wildman–Crippen MR) is 78.5 cm³/mol. The quantitative estimate of drug-likeness (QED) is 0.360. The summed E-state index contributed by atoms with van der Waals surface area (Å²) >= 11 is 0. The number of sulfone groups is 1. The molecule has 8 heteroatoms. The molecule has 7 nitrogen and oxygen atoms in total. The highest BCUT2D eigenvalue weighted by molar-refractivity contribution is 7.91. The van der Waals surface area contributed by atoms with E-state index in [1.807, 2.05) is 0 Å². The van der Waals surface area contributed by atoms with E-state index in [4.69, 9.17) is 20.1 Å². The molecule has 1 heterocycles. The summed E-state index contributed by atoms with van der Waals surface area (Å²) in [5, 5.41) is 12.3. The normalized spacial score (nSPS) is 12.7. The van der Waals surface area contributed by atoms with Crippen LogP contribution in [0.1, 0.15) is 12.7 Å². The summed E-state index contributed by atoms with van der Waals surface area (Å²) in [5.74, 6) is 0.0492. The van der Waals surface area contributed by atoms with Crippen LogP contribution in [0.25, 0.3) is 11.0 Å². The van der Waals surface area contributed by atoms with Gasteiger partial charge in [0.05, 0.1) is 11.1 Å². The second kappa shape index (κ2) is 6.04. The lowest BCUT2D eigenvalue weighted by Gasteiger charge is -2.06. The number of rotatable bonds is 6. The van der Waals surface area contributed by atoms with Crippen LogP contribution < -0.4 is 10.5 Å². The summed E-state index contributed by atoms with van der Waals surface area (Å²) in [6.07, 6.45) is 0. The Morgan fingerprint density at radius 1 is 1.43 bits per heavy atom. The van der Waals surface area contributed by atoms with E-state index in [9.17, 15) is 8.42 Å². The molecule has 0 radical (unpaired) electrons. The van der Waals surface area contributed by atoms with Crippen molar-refractivity contribution in [2.75, 3.05) is 18.1 Å². The van der Waals surface area contributed by atoms with Crippen molar-refractivity contribution in [3.63, 3.8) is 0 Å². The summed E-state index contributed by atoms with van der Waals surface area (Å²) in [4.78, 5) is 0. The molecular weight excluding hydrogens is 296 g/mol. The molecule has 1 aromatic heterocycles. The second-order valence-corrected chi connectivity index (χ2v) is 6.80. The Morgan fingerprint density at radius 2 is 2.14 bits per heavy atom. The lowest BCUT2D eigenvalue weighted by atomic mass is 10.2. The van der Waals surface area contributed by atoms with E-state index in [-0.39, 0.29) is 35.5 Å². The zero-order valence-electron chi connectivity index (χ0n) is 11.4. The number of oxime groups is 1. The Kier molecular flexibility index (Phi) is 4.37. The molecule has 1 aromatic carbocycles. The molecule has 0 atom stereocenters. The molecule has 0 saturated heterocycles. The summed E-state index contributed by atoms with van der Waals surface area (Å²) in [7, 11) is -3.13. The van der Waals surface area contributed by atoms with Gasteiger partial charge in [0.25, 0.3) is 0 Å². The van der Waals surface area contributed by atoms with E-state index in [1.54, 1.807) is 31.2 Å². The third-order valence-corrected chi connectivity index (χ3v) is 4.64. The van der Waals surface area contributed by atoms with Gasteiger partial charge in [-0.15, -0.1) is 0 Å². The van der Waals surface area contributed by atoms with Gasteiger partial charge in [-0.2, -0.15) is 0 Å². The van der Waals surface area contributed by atoms with Crippen LogP contribution in [0.5, 0.6) is 5.75 Å². The summed E-state index contributed by atoms with van der Waals surface area (Å²) in [6, 6.07) is 7.01. The molecule has 2 rings (SSSR count). The molecule has 3 N–H and O–H groups in total. The summed E-state index contributed by atoms with van der Waals surface area (Å²) in [5.41, 5.74) is 6.06. The number of nitrogens with zero attached hydrogens (tertiary/aromatic N) is 1. The molecule has 0 unspecified atom stereocenters. The van der Waals surface area contributed by atoms with E-state index >= 15 is 0 Å². The fraction of sp³-hybridized carbons (Fsp3) is 0.308. The van der Waals surface area contributed by atoms with Crippen molar-refractivity contribution in [3.8, 4) is 5.75 Å². The molecule has 0 saturated carbocycles. The van der Waals surface area contributed by atoms with Gasteiger partial charge in [0.1, 0.15) is 12.2 Å². The number of furan rings is 1. The van der Waals surface area contributed by atoms with Gasteiger partial charge in [-0.3, -0.25) is 0 Å². The molecule has 0 aliphatic heterocycles. The number of hydrogen-bond acceptors (Lipinski definition) is 6.